The van der Waals surface area contributed by atoms with Gasteiger partial charge >= 0.3 is 0 Å². The van der Waals surface area contributed by atoms with Gasteiger partial charge in [-0.15, -0.1) is 5.10 Å². The number of hydrogen-bond donors (Lipinski definition) is 1. The van der Waals surface area contributed by atoms with Crippen molar-refractivity contribution in [3.05, 3.63) is 30.0 Å². The number of anilines is 1. The second-order valence-corrected chi connectivity index (χ2v) is 3.92. The summed E-state index contributed by atoms with van der Waals surface area (Å²) in [6, 6.07) is 5.90. The predicted octanol–water partition coefficient (Wildman–Crippen LogP) is 2.25. The Bertz CT molecular complexity index is 488. The van der Waals surface area contributed by atoms with Crippen LogP contribution in [-0.2, 0) is 6.54 Å². The van der Waals surface area contributed by atoms with Crippen molar-refractivity contribution in [3.8, 4) is 11.3 Å². The van der Waals surface area contributed by atoms with E-state index in [2.05, 4.69) is 24.2 Å². The molecule has 0 atom stereocenters. The maximum absolute atomic E-state index is 5.81. The molecular weight excluding hydrogens is 200 g/mol. The van der Waals surface area contributed by atoms with E-state index < -0.39 is 0 Å². The highest BCUT2D eigenvalue weighted by atomic mass is 15.4. The molecule has 2 N–H and O–H groups in total. The lowest BCUT2D eigenvalue weighted by atomic mass is 10.1. The Morgan fingerprint density at radius 3 is 2.94 bits per heavy atom. The van der Waals surface area contributed by atoms with Gasteiger partial charge in [-0.2, -0.15) is 0 Å². The molecule has 1 heterocycles. The van der Waals surface area contributed by atoms with Crippen LogP contribution >= 0.6 is 0 Å². The molecule has 84 valence electrons. The van der Waals surface area contributed by atoms with Crippen molar-refractivity contribution in [2.75, 3.05) is 5.73 Å². The molecule has 0 saturated heterocycles. The van der Waals surface area contributed by atoms with Crippen molar-refractivity contribution >= 4 is 5.69 Å². The molecule has 16 heavy (non-hydrogen) atoms. The van der Waals surface area contributed by atoms with E-state index in [1.807, 2.05) is 22.9 Å². The van der Waals surface area contributed by atoms with Gasteiger partial charge in [0.1, 0.15) is 0 Å². The molecule has 0 radical (unpaired) electrons. The zero-order valence-corrected chi connectivity index (χ0v) is 9.64. The van der Waals surface area contributed by atoms with Gasteiger partial charge in [-0.1, -0.05) is 18.2 Å². The summed E-state index contributed by atoms with van der Waals surface area (Å²) in [6.07, 6.45) is 2.83. The molecule has 2 aromatic rings. The van der Waals surface area contributed by atoms with E-state index in [9.17, 15) is 0 Å². The number of aromatic nitrogens is 3. The number of nitrogens with two attached hydrogens (primary N) is 1. The fourth-order valence-electron chi connectivity index (χ4n) is 1.76. The topological polar surface area (TPSA) is 56.7 Å². The molecule has 0 bridgehead atoms. The lowest BCUT2D eigenvalue weighted by molar-refractivity contribution is 0.584. The molecule has 2 rings (SSSR count). The normalized spacial score (nSPS) is 10.6. The van der Waals surface area contributed by atoms with E-state index in [1.54, 1.807) is 6.20 Å². The summed E-state index contributed by atoms with van der Waals surface area (Å²) in [4.78, 5) is 0. The predicted molar refractivity (Wildman–Crippen MR) is 64.9 cm³/mol. The van der Waals surface area contributed by atoms with Crippen molar-refractivity contribution in [1.29, 1.82) is 0 Å². The Kier molecular flexibility index (Phi) is 2.90. The maximum atomic E-state index is 5.81. The SMILES string of the molecule is CCCn1nncc1-c1cc(N)ccc1C. The minimum absolute atomic E-state index is 0.768. The van der Waals surface area contributed by atoms with E-state index >= 15 is 0 Å². The quantitative estimate of drug-likeness (QED) is 0.800. The zero-order chi connectivity index (χ0) is 11.5. The lowest BCUT2D eigenvalue weighted by Crippen LogP contribution is -2.02. The third-order valence-corrected chi connectivity index (χ3v) is 2.59. The third kappa shape index (κ3) is 1.91. The number of nitrogen functional groups attached to an aromatic ring is 1. The molecule has 0 aliphatic rings. The Balaban J connectivity index is 2.49. The molecule has 1 aromatic carbocycles. The van der Waals surface area contributed by atoms with Gasteiger partial charge in [-0.05, 0) is 31.0 Å². The van der Waals surface area contributed by atoms with Crippen molar-refractivity contribution in [2.24, 2.45) is 0 Å². The molecule has 0 saturated carbocycles. The molecule has 4 nitrogen and oxygen atoms in total. The van der Waals surface area contributed by atoms with Gasteiger partial charge < -0.3 is 5.73 Å². The maximum Gasteiger partial charge on any atom is 0.0888 e. The van der Waals surface area contributed by atoms with Gasteiger partial charge in [-0.25, -0.2) is 4.68 Å². The Hall–Kier alpha value is -1.84. The first-order valence-corrected chi connectivity index (χ1v) is 5.47. The van der Waals surface area contributed by atoms with Crippen molar-refractivity contribution < 1.29 is 0 Å². The highest BCUT2D eigenvalue weighted by molar-refractivity contribution is 5.67. The van der Waals surface area contributed by atoms with Crippen LogP contribution in [-0.4, -0.2) is 15.0 Å². The van der Waals surface area contributed by atoms with Crippen molar-refractivity contribution in [1.82, 2.24) is 15.0 Å². The first-order chi connectivity index (χ1) is 7.72. The molecule has 0 aliphatic heterocycles. The molecule has 1 aromatic heterocycles. The van der Waals surface area contributed by atoms with E-state index in [4.69, 9.17) is 5.73 Å². The van der Waals surface area contributed by atoms with Crippen LogP contribution in [0, 0.1) is 6.92 Å². The van der Waals surface area contributed by atoms with E-state index in [1.165, 1.54) is 5.56 Å². The van der Waals surface area contributed by atoms with Crippen LogP contribution in [0.2, 0.25) is 0 Å². The average molecular weight is 216 g/mol. The monoisotopic (exact) mass is 216 g/mol. The molecule has 4 heteroatoms. The standard InChI is InChI=1S/C12H16N4/c1-3-6-16-12(8-14-15-16)11-7-10(13)5-4-9(11)2/h4-5,7-8H,3,6,13H2,1-2H3. The van der Waals surface area contributed by atoms with Gasteiger partial charge in [0.2, 0.25) is 0 Å². The van der Waals surface area contributed by atoms with Crippen molar-refractivity contribution in [2.45, 2.75) is 26.8 Å². The first-order valence-electron chi connectivity index (χ1n) is 5.47. The van der Waals surface area contributed by atoms with Gasteiger partial charge in [0, 0.05) is 17.8 Å². The summed E-state index contributed by atoms with van der Waals surface area (Å²) in [6.45, 7) is 5.07. The van der Waals surface area contributed by atoms with E-state index in [0.717, 1.165) is 29.9 Å². The summed E-state index contributed by atoms with van der Waals surface area (Å²) in [5.41, 5.74) is 9.91. The molecule has 0 unspecified atom stereocenters. The summed E-state index contributed by atoms with van der Waals surface area (Å²) in [5, 5.41) is 8.04. The largest absolute Gasteiger partial charge is 0.399 e. The summed E-state index contributed by atoms with van der Waals surface area (Å²) >= 11 is 0. The molecule has 0 aliphatic carbocycles. The highest BCUT2D eigenvalue weighted by Gasteiger charge is 2.08. The van der Waals surface area contributed by atoms with E-state index in [0.29, 0.717) is 0 Å². The molecule has 0 spiro atoms. The van der Waals surface area contributed by atoms with Crippen LogP contribution < -0.4 is 5.73 Å². The number of nitrogens with zero attached hydrogens (tertiary/aromatic N) is 3. The van der Waals surface area contributed by atoms with Gasteiger partial charge in [0.25, 0.3) is 0 Å². The van der Waals surface area contributed by atoms with Crippen molar-refractivity contribution in [3.63, 3.8) is 0 Å². The highest BCUT2D eigenvalue weighted by Crippen LogP contribution is 2.24. The van der Waals surface area contributed by atoms with Gasteiger partial charge in [-0.3, -0.25) is 0 Å². The van der Waals surface area contributed by atoms with Crippen LogP contribution in [0.1, 0.15) is 18.9 Å². The number of rotatable bonds is 3. The van der Waals surface area contributed by atoms with Crippen LogP contribution in [0.3, 0.4) is 0 Å². The first kappa shape index (κ1) is 10.7. The number of aryl methyl sites for hydroxylation is 2. The number of benzene rings is 1. The Morgan fingerprint density at radius 2 is 2.19 bits per heavy atom. The summed E-state index contributed by atoms with van der Waals surface area (Å²) in [7, 11) is 0. The number of hydrogen-bond acceptors (Lipinski definition) is 3. The second kappa shape index (κ2) is 4.35. The minimum atomic E-state index is 0.768. The average Bonchev–Trinajstić information content (AvgIpc) is 2.70. The van der Waals surface area contributed by atoms with Gasteiger partial charge in [0.05, 0.1) is 11.9 Å². The van der Waals surface area contributed by atoms with Crippen LogP contribution in [0.5, 0.6) is 0 Å². The van der Waals surface area contributed by atoms with Gasteiger partial charge in [0.15, 0.2) is 0 Å². The fourth-order valence-corrected chi connectivity index (χ4v) is 1.76. The van der Waals surface area contributed by atoms with Crippen LogP contribution in [0.4, 0.5) is 5.69 Å². The zero-order valence-electron chi connectivity index (χ0n) is 9.64. The Morgan fingerprint density at radius 1 is 1.38 bits per heavy atom. The lowest BCUT2D eigenvalue weighted by Gasteiger charge is -2.08. The summed E-state index contributed by atoms with van der Waals surface area (Å²) in [5.74, 6) is 0. The molecule has 0 amide bonds. The smallest absolute Gasteiger partial charge is 0.0888 e. The molecule has 0 fully saturated rings. The Labute approximate surface area is 95.1 Å². The van der Waals surface area contributed by atoms with E-state index in [-0.39, 0.29) is 0 Å². The molecular formula is C12H16N4. The van der Waals surface area contributed by atoms with Crippen LogP contribution in [0.15, 0.2) is 24.4 Å². The minimum Gasteiger partial charge on any atom is -0.399 e. The summed E-state index contributed by atoms with van der Waals surface area (Å²) < 4.78 is 1.92. The van der Waals surface area contributed by atoms with Crippen LogP contribution in [0.25, 0.3) is 11.3 Å². The third-order valence-electron chi connectivity index (χ3n) is 2.59. The second-order valence-electron chi connectivity index (χ2n) is 3.92. The fraction of sp³-hybridized carbons (Fsp3) is 0.333.